The first-order chi connectivity index (χ1) is 9.90. The first-order valence-corrected chi connectivity index (χ1v) is 6.21. The molecule has 0 saturated heterocycles. The van der Waals surface area contributed by atoms with Crippen LogP contribution in [0.1, 0.15) is 5.56 Å². The van der Waals surface area contributed by atoms with Crippen LogP contribution in [0, 0.1) is 6.07 Å². The van der Waals surface area contributed by atoms with Crippen molar-refractivity contribution in [2.45, 2.75) is 0 Å². The number of benzene rings is 2. The number of rotatable bonds is 2. The van der Waals surface area contributed by atoms with Gasteiger partial charge in [0.15, 0.2) is 0 Å². The van der Waals surface area contributed by atoms with Gasteiger partial charge in [0.05, 0.1) is 6.29 Å². The van der Waals surface area contributed by atoms with Gasteiger partial charge in [-0.25, -0.2) is 0 Å². The van der Waals surface area contributed by atoms with Gasteiger partial charge in [-0.2, -0.15) is 17.7 Å². The molecule has 2 nitrogen and oxygen atoms in total. The summed E-state index contributed by atoms with van der Waals surface area (Å²) in [6.45, 7) is 0. The topological polar surface area (TPSA) is 30.0 Å². The third-order valence-corrected chi connectivity index (χ3v) is 2.54. The molecule has 2 aromatic carbocycles. The summed E-state index contributed by atoms with van der Waals surface area (Å²) in [4.78, 5) is 14.1. The van der Waals surface area contributed by atoms with E-state index in [0.29, 0.717) is 5.56 Å². The molecule has 3 rings (SSSR count). The molecule has 3 aromatic rings. The van der Waals surface area contributed by atoms with Crippen molar-refractivity contribution in [3.63, 3.8) is 0 Å². The van der Waals surface area contributed by atoms with Crippen LogP contribution in [-0.4, -0.2) is 11.3 Å². The van der Waals surface area contributed by atoms with Crippen LogP contribution < -0.4 is 0 Å². The molecule has 0 atom stereocenters. The molecule has 0 saturated carbocycles. The number of hydrogen-bond acceptors (Lipinski definition) is 2. The molecular formula is C18H13NOPd. The van der Waals surface area contributed by atoms with Gasteiger partial charge in [0.2, 0.25) is 0 Å². The minimum Gasteiger partial charge on any atom is -0.376 e. The Morgan fingerprint density at radius 3 is 2.10 bits per heavy atom. The molecule has 0 bridgehead atoms. The fourth-order valence-electron chi connectivity index (χ4n) is 1.58. The fourth-order valence-corrected chi connectivity index (χ4v) is 1.58. The van der Waals surface area contributed by atoms with Crippen LogP contribution in [0.3, 0.4) is 0 Å². The maximum atomic E-state index is 9.88. The number of carbonyl (C=O) groups excluding carboxylic acids is 1. The molecule has 0 aliphatic heterocycles. The van der Waals surface area contributed by atoms with E-state index >= 15 is 0 Å². The maximum absolute atomic E-state index is 9.88. The second kappa shape index (κ2) is 9.77. The average molecular weight is 366 g/mol. The second-order valence-electron chi connectivity index (χ2n) is 3.96. The van der Waals surface area contributed by atoms with Crippen molar-refractivity contribution in [3.05, 3.63) is 90.6 Å². The minimum atomic E-state index is 0. The summed E-state index contributed by atoms with van der Waals surface area (Å²) in [5.41, 5.74) is 2.61. The molecule has 0 aliphatic rings. The molecular weight excluding hydrogens is 353 g/mol. The number of pyridine rings is 1. The average Bonchev–Trinajstić information content (AvgIpc) is 2.58. The molecule has 0 radical (unpaired) electrons. The summed E-state index contributed by atoms with van der Waals surface area (Å²) in [5.74, 6) is 0. The standard InChI is InChI=1S/C11H8N.C7H5O.Pd/c1-2-6-10(7-3-1)11-8-4-5-9-12-11;8-6-7-4-2-1-3-5-7;/h1-6,8-9H;1-5H;/q2*-1;+2. The van der Waals surface area contributed by atoms with Gasteiger partial charge in [0.1, 0.15) is 0 Å². The Hall–Kier alpha value is -2.08. The van der Waals surface area contributed by atoms with E-state index in [1.807, 2.05) is 48.5 Å². The van der Waals surface area contributed by atoms with E-state index in [4.69, 9.17) is 0 Å². The van der Waals surface area contributed by atoms with Crippen molar-refractivity contribution >= 4 is 6.29 Å². The Balaban J connectivity index is 0.000000216. The van der Waals surface area contributed by atoms with Crippen LogP contribution in [0.2, 0.25) is 0 Å². The summed E-state index contributed by atoms with van der Waals surface area (Å²) >= 11 is 0. The van der Waals surface area contributed by atoms with Crippen LogP contribution in [0.4, 0.5) is 0 Å². The van der Waals surface area contributed by atoms with Gasteiger partial charge in [-0.1, -0.05) is 18.2 Å². The van der Waals surface area contributed by atoms with Crippen molar-refractivity contribution in [1.82, 2.24) is 4.98 Å². The molecule has 1 heterocycles. The third kappa shape index (κ3) is 5.83. The minimum absolute atomic E-state index is 0. The van der Waals surface area contributed by atoms with Crippen LogP contribution in [0.25, 0.3) is 11.3 Å². The van der Waals surface area contributed by atoms with Crippen LogP contribution >= 0.6 is 0 Å². The first-order valence-electron chi connectivity index (χ1n) is 6.21. The van der Waals surface area contributed by atoms with Gasteiger partial charge in [0, 0.05) is 6.20 Å². The predicted octanol–water partition coefficient (Wildman–Crippen LogP) is 3.69. The van der Waals surface area contributed by atoms with Gasteiger partial charge < -0.3 is 9.78 Å². The van der Waals surface area contributed by atoms with Gasteiger partial charge in [0.25, 0.3) is 0 Å². The van der Waals surface area contributed by atoms with Crippen molar-refractivity contribution < 1.29 is 25.2 Å². The Labute approximate surface area is 138 Å². The monoisotopic (exact) mass is 365 g/mol. The second-order valence-corrected chi connectivity index (χ2v) is 3.96. The van der Waals surface area contributed by atoms with Crippen molar-refractivity contribution in [2.24, 2.45) is 0 Å². The van der Waals surface area contributed by atoms with Gasteiger partial charge in [-0.3, -0.25) is 0 Å². The summed E-state index contributed by atoms with van der Waals surface area (Å²) in [7, 11) is 0. The Kier molecular flexibility index (Phi) is 7.90. The molecule has 0 unspecified atom stereocenters. The normalized spacial score (nSPS) is 8.76. The number of hydrogen-bond donors (Lipinski definition) is 0. The molecule has 106 valence electrons. The molecule has 0 aliphatic carbocycles. The zero-order chi connectivity index (χ0) is 14.0. The molecule has 3 heteroatoms. The zero-order valence-electron chi connectivity index (χ0n) is 11.2. The third-order valence-electron chi connectivity index (χ3n) is 2.54. The zero-order valence-corrected chi connectivity index (χ0v) is 12.7. The molecule has 21 heavy (non-hydrogen) atoms. The van der Waals surface area contributed by atoms with E-state index in [1.165, 1.54) is 0 Å². The van der Waals surface area contributed by atoms with Crippen LogP contribution in [0.15, 0.2) is 79.0 Å². The molecule has 0 amide bonds. The van der Waals surface area contributed by atoms with Gasteiger partial charge in [-0.05, 0) is 11.8 Å². The van der Waals surface area contributed by atoms with E-state index in [1.54, 1.807) is 36.7 Å². The van der Waals surface area contributed by atoms with E-state index < -0.39 is 0 Å². The quantitative estimate of drug-likeness (QED) is 0.512. The first kappa shape index (κ1) is 17.0. The summed E-state index contributed by atoms with van der Waals surface area (Å²) < 4.78 is 0. The van der Waals surface area contributed by atoms with E-state index in [0.717, 1.165) is 11.3 Å². The van der Waals surface area contributed by atoms with Crippen molar-refractivity contribution in [1.29, 1.82) is 0 Å². The van der Waals surface area contributed by atoms with Crippen LogP contribution in [-0.2, 0) is 25.2 Å². The largest absolute Gasteiger partial charge is 2.00 e. The molecule has 0 spiro atoms. The van der Waals surface area contributed by atoms with E-state index in [9.17, 15) is 4.79 Å². The predicted molar refractivity (Wildman–Crippen MR) is 79.7 cm³/mol. The van der Waals surface area contributed by atoms with Crippen molar-refractivity contribution in [2.75, 3.05) is 0 Å². The molecule has 1 aromatic heterocycles. The number of aromatic nitrogens is 1. The SMILES string of the molecule is O=[C-]c1ccccc1.[Pd+2].[c-]1ccccc1-c1ccccn1. The summed E-state index contributed by atoms with van der Waals surface area (Å²) in [5, 5.41) is 0. The van der Waals surface area contributed by atoms with E-state index in [-0.39, 0.29) is 20.4 Å². The molecule has 0 fully saturated rings. The maximum Gasteiger partial charge on any atom is 2.00 e. The van der Waals surface area contributed by atoms with Crippen molar-refractivity contribution in [3.8, 4) is 11.3 Å². The van der Waals surface area contributed by atoms with Crippen LogP contribution in [0.5, 0.6) is 0 Å². The Bertz CT molecular complexity index is 590. The summed E-state index contributed by atoms with van der Waals surface area (Å²) in [6.07, 6.45) is 3.56. The fraction of sp³-hybridized carbons (Fsp3) is 0. The van der Waals surface area contributed by atoms with Gasteiger partial charge >= 0.3 is 20.4 Å². The Morgan fingerprint density at radius 2 is 1.57 bits per heavy atom. The molecule has 0 N–H and O–H groups in total. The number of nitrogens with zero attached hydrogens (tertiary/aromatic N) is 1. The van der Waals surface area contributed by atoms with Gasteiger partial charge in [-0.15, -0.1) is 48.0 Å². The van der Waals surface area contributed by atoms with E-state index in [2.05, 4.69) is 11.1 Å². The summed E-state index contributed by atoms with van der Waals surface area (Å²) in [6, 6.07) is 25.7. The Morgan fingerprint density at radius 1 is 0.857 bits per heavy atom. The smallest absolute Gasteiger partial charge is 0.376 e.